The van der Waals surface area contributed by atoms with Gasteiger partial charge < -0.3 is 10.8 Å². The first-order valence-electron chi connectivity index (χ1n) is 3.90. The van der Waals surface area contributed by atoms with E-state index in [1.807, 2.05) is 6.07 Å². The summed E-state index contributed by atoms with van der Waals surface area (Å²) in [6.45, 7) is 0. The van der Waals surface area contributed by atoms with E-state index in [4.69, 9.17) is 5.73 Å². The number of hydrogen-bond donors (Lipinski definition) is 2. The minimum Gasteiger partial charge on any atom is -0.508 e. The molecule has 2 rings (SSSR count). The lowest BCUT2D eigenvalue weighted by molar-refractivity contribution is 0.473. The zero-order valence-electron chi connectivity index (χ0n) is 6.55. The Balaban J connectivity index is 2.48. The van der Waals surface area contributed by atoms with Crippen LogP contribution in [-0.4, -0.2) is 5.11 Å². The highest BCUT2D eigenvalue weighted by Crippen LogP contribution is 2.46. The first-order valence-corrected chi connectivity index (χ1v) is 4.69. The molecular formula is C9H10BrNO. The predicted molar refractivity (Wildman–Crippen MR) is 50.9 cm³/mol. The molecule has 12 heavy (non-hydrogen) atoms. The van der Waals surface area contributed by atoms with Crippen molar-refractivity contribution < 1.29 is 5.11 Å². The summed E-state index contributed by atoms with van der Waals surface area (Å²) >= 11 is 3.42. The van der Waals surface area contributed by atoms with Crippen LogP contribution in [0.2, 0.25) is 0 Å². The smallest absolute Gasteiger partial charge is 0.116 e. The van der Waals surface area contributed by atoms with Crippen molar-refractivity contribution >= 4 is 15.9 Å². The third kappa shape index (κ3) is 1.23. The molecule has 1 saturated carbocycles. The molecule has 64 valence electrons. The number of rotatable bonds is 1. The van der Waals surface area contributed by atoms with Crippen LogP contribution >= 0.6 is 15.9 Å². The molecule has 1 aromatic rings. The fourth-order valence-electron chi connectivity index (χ4n) is 1.30. The number of nitrogens with two attached hydrogens (primary N) is 1. The van der Waals surface area contributed by atoms with Gasteiger partial charge in [0.25, 0.3) is 0 Å². The van der Waals surface area contributed by atoms with E-state index >= 15 is 0 Å². The highest BCUT2D eigenvalue weighted by atomic mass is 79.9. The summed E-state index contributed by atoms with van der Waals surface area (Å²) in [5.74, 6) is 0.282. The standard InChI is InChI=1S/C9H10BrNO/c10-8-2-1-6(12)5-7(8)9(11)3-4-9/h1-2,5,12H,3-4,11H2. The molecule has 0 amide bonds. The van der Waals surface area contributed by atoms with Crippen LogP contribution in [0, 0.1) is 0 Å². The van der Waals surface area contributed by atoms with Crippen molar-refractivity contribution in [1.29, 1.82) is 0 Å². The van der Waals surface area contributed by atoms with Crippen LogP contribution in [0.15, 0.2) is 22.7 Å². The second-order valence-electron chi connectivity index (χ2n) is 3.32. The second kappa shape index (κ2) is 2.47. The lowest BCUT2D eigenvalue weighted by atomic mass is 10.1. The van der Waals surface area contributed by atoms with Gasteiger partial charge in [-0.25, -0.2) is 0 Å². The molecule has 1 aliphatic rings. The first-order chi connectivity index (χ1) is 5.62. The summed E-state index contributed by atoms with van der Waals surface area (Å²) in [4.78, 5) is 0. The van der Waals surface area contributed by atoms with Gasteiger partial charge in [0.05, 0.1) is 0 Å². The average molecular weight is 228 g/mol. The summed E-state index contributed by atoms with van der Waals surface area (Å²) in [6, 6.07) is 5.22. The Morgan fingerprint density at radius 2 is 2.08 bits per heavy atom. The average Bonchev–Trinajstić information content (AvgIpc) is 2.75. The Kier molecular flexibility index (Phi) is 1.66. The zero-order valence-corrected chi connectivity index (χ0v) is 8.13. The topological polar surface area (TPSA) is 46.2 Å². The van der Waals surface area contributed by atoms with E-state index in [1.54, 1.807) is 12.1 Å². The molecule has 1 aromatic carbocycles. The van der Waals surface area contributed by atoms with Crippen LogP contribution in [0.1, 0.15) is 18.4 Å². The van der Waals surface area contributed by atoms with Gasteiger partial charge in [0.1, 0.15) is 5.75 Å². The van der Waals surface area contributed by atoms with Gasteiger partial charge in [-0.3, -0.25) is 0 Å². The van der Waals surface area contributed by atoms with Crippen molar-refractivity contribution in [3.8, 4) is 5.75 Å². The van der Waals surface area contributed by atoms with Gasteiger partial charge in [0, 0.05) is 10.0 Å². The number of hydrogen-bond acceptors (Lipinski definition) is 2. The number of halogens is 1. The maximum atomic E-state index is 9.25. The lowest BCUT2D eigenvalue weighted by Crippen LogP contribution is -2.19. The maximum Gasteiger partial charge on any atom is 0.116 e. The Bertz CT molecular complexity index is 320. The molecule has 1 fully saturated rings. The molecule has 2 nitrogen and oxygen atoms in total. The monoisotopic (exact) mass is 227 g/mol. The van der Waals surface area contributed by atoms with E-state index in [2.05, 4.69) is 15.9 Å². The minimum atomic E-state index is -0.183. The SMILES string of the molecule is NC1(c2cc(O)ccc2Br)CC1. The van der Waals surface area contributed by atoms with Gasteiger partial charge in [-0.1, -0.05) is 15.9 Å². The van der Waals surface area contributed by atoms with Gasteiger partial charge in [-0.15, -0.1) is 0 Å². The molecular weight excluding hydrogens is 218 g/mol. The van der Waals surface area contributed by atoms with Crippen molar-refractivity contribution in [1.82, 2.24) is 0 Å². The Morgan fingerprint density at radius 1 is 1.42 bits per heavy atom. The normalized spacial score (nSPS) is 19.2. The van der Waals surface area contributed by atoms with Crippen LogP contribution in [-0.2, 0) is 5.54 Å². The molecule has 0 saturated heterocycles. The zero-order chi connectivity index (χ0) is 8.77. The molecule has 0 heterocycles. The van der Waals surface area contributed by atoms with Crippen LogP contribution in [0.25, 0.3) is 0 Å². The summed E-state index contributed by atoms with van der Waals surface area (Å²) in [6.07, 6.45) is 2.02. The summed E-state index contributed by atoms with van der Waals surface area (Å²) in [5.41, 5.74) is 6.83. The predicted octanol–water partition coefficient (Wildman–Crippen LogP) is 2.10. The van der Waals surface area contributed by atoms with Crippen LogP contribution in [0.3, 0.4) is 0 Å². The fraction of sp³-hybridized carbons (Fsp3) is 0.333. The van der Waals surface area contributed by atoms with Gasteiger partial charge in [0.15, 0.2) is 0 Å². The van der Waals surface area contributed by atoms with Crippen LogP contribution in [0.4, 0.5) is 0 Å². The summed E-state index contributed by atoms with van der Waals surface area (Å²) in [5, 5.41) is 9.25. The van der Waals surface area contributed by atoms with E-state index < -0.39 is 0 Å². The van der Waals surface area contributed by atoms with E-state index in [-0.39, 0.29) is 11.3 Å². The number of phenolic OH excluding ortho intramolecular Hbond substituents is 1. The largest absolute Gasteiger partial charge is 0.508 e. The van der Waals surface area contributed by atoms with E-state index in [9.17, 15) is 5.11 Å². The molecule has 0 radical (unpaired) electrons. The van der Waals surface area contributed by atoms with Gasteiger partial charge in [0.2, 0.25) is 0 Å². The first kappa shape index (κ1) is 8.08. The van der Waals surface area contributed by atoms with Crippen molar-refractivity contribution in [2.75, 3.05) is 0 Å². The Hall–Kier alpha value is -0.540. The van der Waals surface area contributed by atoms with Crippen molar-refractivity contribution in [3.05, 3.63) is 28.2 Å². The molecule has 0 unspecified atom stereocenters. The highest BCUT2D eigenvalue weighted by Gasteiger charge is 2.41. The molecule has 0 aromatic heterocycles. The van der Waals surface area contributed by atoms with Crippen molar-refractivity contribution in [3.63, 3.8) is 0 Å². The number of benzene rings is 1. The van der Waals surface area contributed by atoms with Crippen LogP contribution < -0.4 is 5.73 Å². The second-order valence-corrected chi connectivity index (χ2v) is 4.17. The Morgan fingerprint density at radius 3 is 2.67 bits per heavy atom. The Labute approximate surface area is 79.5 Å². The molecule has 3 N–H and O–H groups in total. The molecule has 3 heteroatoms. The number of phenols is 1. The van der Waals surface area contributed by atoms with E-state index in [0.29, 0.717) is 0 Å². The molecule has 0 bridgehead atoms. The summed E-state index contributed by atoms with van der Waals surface area (Å²) in [7, 11) is 0. The van der Waals surface area contributed by atoms with Crippen LogP contribution in [0.5, 0.6) is 5.75 Å². The quantitative estimate of drug-likeness (QED) is 0.773. The minimum absolute atomic E-state index is 0.183. The van der Waals surface area contributed by atoms with Gasteiger partial charge >= 0.3 is 0 Å². The molecule has 0 spiro atoms. The van der Waals surface area contributed by atoms with E-state index in [0.717, 1.165) is 22.9 Å². The summed E-state index contributed by atoms with van der Waals surface area (Å²) < 4.78 is 0.986. The lowest BCUT2D eigenvalue weighted by Gasteiger charge is -2.11. The van der Waals surface area contributed by atoms with Crippen molar-refractivity contribution in [2.24, 2.45) is 5.73 Å². The fourth-order valence-corrected chi connectivity index (χ4v) is 1.94. The third-order valence-electron chi connectivity index (χ3n) is 2.28. The maximum absolute atomic E-state index is 9.25. The molecule has 0 atom stereocenters. The molecule has 1 aliphatic carbocycles. The molecule has 0 aliphatic heterocycles. The van der Waals surface area contributed by atoms with E-state index in [1.165, 1.54) is 0 Å². The highest BCUT2D eigenvalue weighted by molar-refractivity contribution is 9.10. The van der Waals surface area contributed by atoms with Gasteiger partial charge in [-0.2, -0.15) is 0 Å². The van der Waals surface area contributed by atoms with Crippen molar-refractivity contribution in [2.45, 2.75) is 18.4 Å². The third-order valence-corrected chi connectivity index (χ3v) is 2.97. The number of aromatic hydroxyl groups is 1. The van der Waals surface area contributed by atoms with Gasteiger partial charge in [-0.05, 0) is 36.6 Å².